The topological polar surface area (TPSA) is 73.8 Å². The molecule has 2 aromatic heterocycles. The van der Waals surface area contributed by atoms with Crippen molar-refractivity contribution in [2.24, 2.45) is 0 Å². The molecule has 3 N–H and O–H groups in total. The Labute approximate surface area is 145 Å². The summed E-state index contributed by atoms with van der Waals surface area (Å²) in [6.45, 7) is 0.385. The van der Waals surface area contributed by atoms with Crippen molar-refractivity contribution in [1.29, 1.82) is 0 Å². The average Bonchev–Trinajstić information content (AvgIpc) is 3.15. The van der Waals surface area contributed by atoms with Gasteiger partial charge in [-0.1, -0.05) is 42.5 Å². The number of hydrogen-bond donors (Lipinski definition) is 3. The van der Waals surface area contributed by atoms with Crippen LogP contribution in [0.2, 0.25) is 0 Å². The van der Waals surface area contributed by atoms with E-state index < -0.39 is 6.10 Å². The van der Waals surface area contributed by atoms with Crippen LogP contribution in [0.4, 0.5) is 5.82 Å². The highest BCUT2D eigenvalue weighted by Crippen LogP contribution is 2.23. The Kier molecular flexibility index (Phi) is 4.14. The number of rotatable bonds is 5. The summed E-state index contributed by atoms with van der Waals surface area (Å²) in [5.74, 6) is 0.687. The molecule has 2 heterocycles. The molecule has 1 atom stereocenters. The Hall–Kier alpha value is -3.18. The molecule has 25 heavy (non-hydrogen) atoms. The van der Waals surface area contributed by atoms with Gasteiger partial charge in [0.2, 0.25) is 0 Å². The van der Waals surface area contributed by atoms with Crippen LogP contribution in [0.5, 0.6) is 0 Å². The van der Waals surface area contributed by atoms with E-state index >= 15 is 0 Å². The van der Waals surface area contributed by atoms with Crippen LogP contribution >= 0.6 is 0 Å². The van der Waals surface area contributed by atoms with Gasteiger partial charge in [0, 0.05) is 29.9 Å². The molecular weight excluding hydrogens is 312 g/mol. The average molecular weight is 330 g/mol. The van der Waals surface area contributed by atoms with E-state index in [9.17, 15) is 5.11 Å². The largest absolute Gasteiger partial charge is 0.387 e. The minimum atomic E-state index is -0.588. The minimum absolute atomic E-state index is 0.385. The van der Waals surface area contributed by atoms with Gasteiger partial charge in [-0.25, -0.2) is 9.97 Å². The van der Waals surface area contributed by atoms with E-state index in [0.717, 1.165) is 22.3 Å². The van der Waals surface area contributed by atoms with Gasteiger partial charge >= 0.3 is 0 Å². The maximum Gasteiger partial charge on any atom is 0.130 e. The monoisotopic (exact) mass is 330 g/mol. The van der Waals surface area contributed by atoms with Gasteiger partial charge in [-0.2, -0.15) is 0 Å². The lowest BCUT2D eigenvalue weighted by Gasteiger charge is -2.13. The lowest BCUT2D eigenvalue weighted by molar-refractivity contribution is 0.191. The third-order valence-electron chi connectivity index (χ3n) is 4.18. The Morgan fingerprint density at radius 1 is 1.00 bits per heavy atom. The summed E-state index contributed by atoms with van der Waals surface area (Å²) in [6, 6.07) is 19.7. The van der Waals surface area contributed by atoms with Crippen molar-refractivity contribution in [2.45, 2.75) is 6.10 Å². The normalized spacial score (nSPS) is 12.2. The van der Waals surface area contributed by atoms with E-state index in [1.54, 1.807) is 0 Å². The number of aromatic amines is 1. The molecule has 0 unspecified atom stereocenters. The number of aliphatic hydroxyl groups excluding tert-OH is 1. The first-order valence-electron chi connectivity index (χ1n) is 8.16. The number of H-pyrrole nitrogens is 1. The smallest absolute Gasteiger partial charge is 0.130 e. The molecule has 5 heteroatoms. The Balaban J connectivity index is 1.51. The predicted molar refractivity (Wildman–Crippen MR) is 99.2 cm³/mol. The Morgan fingerprint density at radius 2 is 1.88 bits per heavy atom. The first-order chi connectivity index (χ1) is 12.3. The van der Waals surface area contributed by atoms with Gasteiger partial charge in [-0.15, -0.1) is 0 Å². The third-order valence-corrected chi connectivity index (χ3v) is 4.18. The van der Waals surface area contributed by atoms with Crippen molar-refractivity contribution >= 4 is 16.7 Å². The first-order valence-corrected chi connectivity index (χ1v) is 8.16. The van der Waals surface area contributed by atoms with Crippen molar-refractivity contribution in [3.8, 4) is 11.3 Å². The van der Waals surface area contributed by atoms with Crippen molar-refractivity contribution < 1.29 is 5.11 Å². The van der Waals surface area contributed by atoms with Crippen LogP contribution < -0.4 is 5.32 Å². The lowest BCUT2D eigenvalue weighted by atomic mass is 10.1. The predicted octanol–water partition coefficient (Wildman–Crippen LogP) is 3.77. The number of benzene rings is 2. The standard InChI is InChI=1S/C20H18N4O/c25-19(15-4-2-1-3-5-15)12-22-20-11-18(23-13-24-20)16-7-6-14-8-9-21-17(14)10-16/h1-11,13,19,21,25H,12H2,(H,22,23,24)/t19-/m0/s1. The van der Waals surface area contributed by atoms with E-state index in [-0.39, 0.29) is 0 Å². The molecule has 0 fully saturated rings. The molecule has 0 aliphatic heterocycles. The van der Waals surface area contributed by atoms with Gasteiger partial charge in [0.05, 0.1) is 11.8 Å². The molecule has 0 amide bonds. The number of nitrogens with zero attached hydrogens (tertiary/aromatic N) is 2. The second kappa shape index (κ2) is 6.75. The fourth-order valence-electron chi connectivity index (χ4n) is 2.81. The van der Waals surface area contributed by atoms with Crippen molar-refractivity contribution in [3.05, 3.63) is 78.8 Å². The van der Waals surface area contributed by atoms with E-state index in [4.69, 9.17) is 0 Å². The molecular formula is C20H18N4O. The number of fused-ring (bicyclic) bond motifs is 1. The Bertz CT molecular complexity index is 981. The van der Waals surface area contributed by atoms with Crippen molar-refractivity contribution in [3.63, 3.8) is 0 Å². The second-order valence-electron chi connectivity index (χ2n) is 5.88. The van der Waals surface area contributed by atoms with Crippen LogP contribution in [0, 0.1) is 0 Å². The maximum absolute atomic E-state index is 10.3. The number of hydrogen-bond acceptors (Lipinski definition) is 4. The van der Waals surface area contributed by atoms with Gasteiger partial charge in [-0.05, 0) is 23.1 Å². The molecule has 0 saturated carbocycles. The third kappa shape index (κ3) is 3.36. The zero-order valence-electron chi connectivity index (χ0n) is 13.6. The summed E-state index contributed by atoms with van der Waals surface area (Å²) in [6.07, 6.45) is 2.87. The van der Waals surface area contributed by atoms with Gasteiger partial charge in [-0.3, -0.25) is 0 Å². The molecule has 4 aromatic rings. The highest BCUT2D eigenvalue weighted by molar-refractivity contribution is 5.84. The van der Waals surface area contributed by atoms with Crippen LogP contribution in [0.3, 0.4) is 0 Å². The quantitative estimate of drug-likeness (QED) is 0.521. The van der Waals surface area contributed by atoms with Crippen molar-refractivity contribution in [1.82, 2.24) is 15.0 Å². The van der Waals surface area contributed by atoms with Gasteiger partial charge in [0.15, 0.2) is 0 Å². The van der Waals surface area contributed by atoms with Gasteiger partial charge in [0.1, 0.15) is 12.1 Å². The van der Waals surface area contributed by atoms with Gasteiger partial charge in [0.25, 0.3) is 0 Å². The molecule has 0 aliphatic rings. The SMILES string of the molecule is O[C@@H](CNc1cc(-c2ccc3cc[nH]c3c2)ncn1)c1ccccc1. The molecule has 0 spiro atoms. The zero-order valence-corrected chi connectivity index (χ0v) is 13.6. The fraction of sp³-hybridized carbons (Fsp3) is 0.100. The maximum atomic E-state index is 10.3. The van der Waals surface area contributed by atoms with Crippen LogP contribution in [0.25, 0.3) is 22.2 Å². The number of nitrogens with one attached hydrogen (secondary N) is 2. The fourth-order valence-corrected chi connectivity index (χ4v) is 2.81. The van der Waals surface area contributed by atoms with E-state index in [0.29, 0.717) is 12.4 Å². The van der Waals surface area contributed by atoms with Gasteiger partial charge < -0.3 is 15.4 Å². The Morgan fingerprint density at radius 3 is 2.76 bits per heavy atom. The molecule has 0 aliphatic carbocycles. The lowest BCUT2D eigenvalue weighted by Crippen LogP contribution is -2.13. The molecule has 4 rings (SSSR count). The second-order valence-corrected chi connectivity index (χ2v) is 5.88. The minimum Gasteiger partial charge on any atom is -0.387 e. The number of aromatic nitrogens is 3. The number of aliphatic hydroxyl groups is 1. The first kappa shape index (κ1) is 15.4. The number of anilines is 1. The summed E-state index contributed by atoms with van der Waals surface area (Å²) in [5, 5.41) is 14.6. The molecule has 2 aromatic carbocycles. The van der Waals surface area contributed by atoms with Crippen LogP contribution in [0.15, 0.2) is 73.2 Å². The molecule has 5 nitrogen and oxygen atoms in total. The summed E-state index contributed by atoms with van der Waals surface area (Å²) >= 11 is 0. The van der Waals surface area contributed by atoms with E-state index in [1.165, 1.54) is 11.7 Å². The highest BCUT2D eigenvalue weighted by Gasteiger charge is 2.08. The van der Waals surface area contributed by atoms with E-state index in [2.05, 4.69) is 32.4 Å². The highest BCUT2D eigenvalue weighted by atomic mass is 16.3. The van der Waals surface area contributed by atoms with E-state index in [1.807, 2.05) is 54.7 Å². The summed E-state index contributed by atoms with van der Waals surface area (Å²) in [4.78, 5) is 11.8. The molecule has 0 saturated heterocycles. The molecule has 124 valence electrons. The molecule has 0 radical (unpaired) electrons. The van der Waals surface area contributed by atoms with Crippen LogP contribution in [-0.4, -0.2) is 26.6 Å². The molecule has 0 bridgehead atoms. The summed E-state index contributed by atoms with van der Waals surface area (Å²) < 4.78 is 0. The van der Waals surface area contributed by atoms with Crippen LogP contribution in [0.1, 0.15) is 11.7 Å². The zero-order chi connectivity index (χ0) is 17.1. The van der Waals surface area contributed by atoms with Crippen molar-refractivity contribution in [2.75, 3.05) is 11.9 Å². The van der Waals surface area contributed by atoms with Crippen LogP contribution in [-0.2, 0) is 0 Å². The summed E-state index contributed by atoms with van der Waals surface area (Å²) in [5.41, 5.74) is 3.80. The summed E-state index contributed by atoms with van der Waals surface area (Å²) in [7, 11) is 0.